The number of hydrogen-bond donors (Lipinski definition) is 1. The first-order valence-electron chi connectivity index (χ1n) is 5.97. The van der Waals surface area contributed by atoms with Crippen molar-refractivity contribution in [3.8, 4) is 11.5 Å². The lowest BCUT2D eigenvalue weighted by Gasteiger charge is -2.10. The maximum Gasteiger partial charge on any atom is 0.255 e. The fourth-order valence-corrected chi connectivity index (χ4v) is 1.81. The Labute approximate surface area is 120 Å². The van der Waals surface area contributed by atoms with Crippen LogP contribution in [0.2, 0.25) is 0 Å². The summed E-state index contributed by atoms with van der Waals surface area (Å²) in [5, 5.41) is 3.53. The number of carbonyl (C=O) groups is 1. The van der Waals surface area contributed by atoms with E-state index in [9.17, 15) is 4.79 Å². The number of rotatable bonds is 5. The van der Waals surface area contributed by atoms with Crippen LogP contribution in [0.15, 0.2) is 54.6 Å². The lowest BCUT2D eigenvalue weighted by molar-refractivity contribution is 0.0954. The molecule has 4 heteroatoms. The van der Waals surface area contributed by atoms with Crippen LogP contribution in [-0.4, -0.2) is 17.8 Å². The number of carbonyl (C=O) groups excluding carboxylic acids is 1. The summed E-state index contributed by atoms with van der Waals surface area (Å²) in [4.78, 5) is 12.0. The summed E-state index contributed by atoms with van der Waals surface area (Å²) in [5.41, 5.74) is 0.535. The minimum atomic E-state index is -0.133. The predicted octanol–water partition coefficient (Wildman–Crippen LogP) is 3.60. The number of ether oxygens (including phenoxy) is 1. The molecule has 0 saturated carbocycles. The predicted molar refractivity (Wildman–Crippen MR) is 79.1 cm³/mol. The highest BCUT2D eigenvalue weighted by Gasteiger charge is 2.11. The van der Waals surface area contributed by atoms with E-state index in [1.54, 1.807) is 12.1 Å². The Balaban J connectivity index is 2.19. The molecule has 0 aliphatic heterocycles. The van der Waals surface area contributed by atoms with Crippen LogP contribution in [0, 0.1) is 0 Å². The van der Waals surface area contributed by atoms with Gasteiger partial charge < -0.3 is 10.1 Å². The van der Waals surface area contributed by atoms with E-state index in [-0.39, 0.29) is 5.91 Å². The molecule has 0 aliphatic rings. The number of nitrogens with one attached hydrogen (secondary N) is 1. The number of alkyl halides is 1. The second kappa shape index (κ2) is 6.95. The van der Waals surface area contributed by atoms with E-state index in [1.807, 2.05) is 42.5 Å². The number of para-hydroxylation sites is 2. The van der Waals surface area contributed by atoms with Gasteiger partial charge in [0.05, 0.1) is 5.56 Å². The van der Waals surface area contributed by atoms with Gasteiger partial charge in [0.1, 0.15) is 11.5 Å². The van der Waals surface area contributed by atoms with Crippen molar-refractivity contribution < 1.29 is 9.53 Å². The van der Waals surface area contributed by atoms with Crippen molar-refractivity contribution in [1.29, 1.82) is 0 Å². The molecule has 0 radical (unpaired) electrons. The Morgan fingerprint density at radius 2 is 1.74 bits per heavy atom. The number of hydrogen-bond acceptors (Lipinski definition) is 2. The molecule has 2 rings (SSSR count). The number of benzene rings is 2. The third kappa shape index (κ3) is 3.83. The smallest absolute Gasteiger partial charge is 0.255 e. The average Bonchev–Trinajstić information content (AvgIpc) is 2.46. The van der Waals surface area contributed by atoms with E-state index in [0.717, 1.165) is 5.33 Å². The van der Waals surface area contributed by atoms with Crippen LogP contribution in [0.5, 0.6) is 11.5 Å². The van der Waals surface area contributed by atoms with Gasteiger partial charge in [0.2, 0.25) is 0 Å². The number of halogens is 1. The summed E-state index contributed by atoms with van der Waals surface area (Å²) < 4.78 is 5.74. The zero-order valence-electron chi connectivity index (χ0n) is 10.3. The monoisotopic (exact) mass is 319 g/mol. The van der Waals surface area contributed by atoms with E-state index in [0.29, 0.717) is 23.6 Å². The average molecular weight is 320 g/mol. The maximum absolute atomic E-state index is 12.0. The second-order valence-corrected chi connectivity index (χ2v) is 4.65. The van der Waals surface area contributed by atoms with Crippen molar-refractivity contribution in [2.45, 2.75) is 0 Å². The van der Waals surface area contributed by atoms with Gasteiger partial charge in [-0.2, -0.15) is 0 Å². The first kappa shape index (κ1) is 13.6. The van der Waals surface area contributed by atoms with Gasteiger partial charge in [0.15, 0.2) is 0 Å². The van der Waals surface area contributed by atoms with Crippen molar-refractivity contribution >= 4 is 21.8 Å². The van der Waals surface area contributed by atoms with Crippen molar-refractivity contribution in [3.05, 3.63) is 60.2 Å². The SMILES string of the molecule is O=C(NCCBr)c1ccccc1Oc1ccccc1. The van der Waals surface area contributed by atoms with Gasteiger partial charge in [-0.15, -0.1) is 0 Å². The van der Waals surface area contributed by atoms with Gasteiger partial charge in [0, 0.05) is 11.9 Å². The highest BCUT2D eigenvalue weighted by atomic mass is 79.9. The molecule has 2 aromatic carbocycles. The van der Waals surface area contributed by atoms with Crippen molar-refractivity contribution in [3.63, 3.8) is 0 Å². The van der Waals surface area contributed by atoms with E-state index < -0.39 is 0 Å². The van der Waals surface area contributed by atoms with Gasteiger partial charge in [-0.25, -0.2) is 0 Å². The molecule has 19 heavy (non-hydrogen) atoms. The van der Waals surface area contributed by atoms with Crippen LogP contribution in [0.4, 0.5) is 0 Å². The van der Waals surface area contributed by atoms with E-state index >= 15 is 0 Å². The molecule has 0 aliphatic carbocycles. The molecule has 1 N–H and O–H groups in total. The van der Waals surface area contributed by atoms with Gasteiger partial charge in [-0.1, -0.05) is 46.3 Å². The fraction of sp³-hybridized carbons (Fsp3) is 0.133. The lowest BCUT2D eigenvalue weighted by atomic mass is 10.2. The van der Waals surface area contributed by atoms with Crippen LogP contribution in [-0.2, 0) is 0 Å². The molecule has 0 aromatic heterocycles. The van der Waals surface area contributed by atoms with Crippen molar-refractivity contribution in [1.82, 2.24) is 5.32 Å². The lowest BCUT2D eigenvalue weighted by Crippen LogP contribution is -2.25. The molecular weight excluding hydrogens is 306 g/mol. The molecule has 1 amide bonds. The summed E-state index contributed by atoms with van der Waals surface area (Å²) in [6.07, 6.45) is 0. The summed E-state index contributed by atoms with van der Waals surface area (Å²) in [7, 11) is 0. The van der Waals surface area contributed by atoms with Crippen LogP contribution >= 0.6 is 15.9 Å². The fourth-order valence-electron chi connectivity index (χ4n) is 1.61. The summed E-state index contributed by atoms with van der Waals surface area (Å²) in [6, 6.07) is 16.6. The second-order valence-electron chi connectivity index (χ2n) is 3.86. The first-order chi connectivity index (χ1) is 9.31. The Bertz CT molecular complexity index is 543. The van der Waals surface area contributed by atoms with Crippen LogP contribution < -0.4 is 10.1 Å². The van der Waals surface area contributed by atoms with E-state index in [1.165, 1.54) is 0 Å². The Hall–Kier alpha value is -1.81. The van der Waals surface area contributed by atoms with Gasteiger partial charge in [0.25, 0.3) is 5.91 Å². The Morgan fingerprint density at radius 3 is 2.47 bits per heavy atom. The van der Waals surface area contributed by atoms with Crippen molar-refractivity contribution in [2.75, 3.05) is 11.9 Å². The van der Waals surface area contributed by atoms with Gasteiger partial charge in [-0.3, -0.25) is 4.79 Å². The Kier molecular flexibility index (Phi) is 4.98. The minimum absolute atomic E-state index is 0.133. The van der Waals surface area contributed by atoms with E-state index in [4.69, 9.17) is 4.74 Å². The highest BCUT2D eigenvalue weighted by molar-refractivity contribution is 9.09. The zero-order valence-corrected chi connectivity index (χ0v) is 11.9. The van der Waals surface area contributed by atoms with Gasteiger partial charge in [-0.05, 0) is 24.3 Å². The van der Waals surface area contributed by atoms with Crippen LogP contribution in [0.1, 0.15) is 10.4 Å². The third-order valence-electron chi connectivity index (χ3n) is 2.48. The molecule has 0 heterocycles. The largest absolute Gasteiger partial charge is 0.457 e. The molecule has 0 unspecified atom stereocenters. The first-order valence-corrected chi connectivity index (χ1v) is 7.09. The topological polar surface area (TPSA) is 38.3 Å². The number of amides is 1. The quantitative estimate of drug-likeness (QED) is 0.855. The van der Waals surface area contributed by atoms with Crippen LogP contribution in [0.3, 0.4) is 0 Å². The molecule has 0 spiro atoms. The molecule has 0 fully saturated rings. The highest BCUT2D eigenvalue weighted by Crippen LogP contribution is 2.24. The molecule has 3 nitrogen and oxygen atoms in total. The molecule has 0 atom stereocenters. The zero-order chi connectivity index (χ0) is 13.5. The maximum atomic E-state index is 12.0. The summed E-state index contributed by atoms with van der Waals surface area (Å²) in [6.45, 7) is 0.582. The molecular formula is C15H14BrNO2. The third-order valence-corrected chi connectivity index (χ3v) is 2.88. The van der Waals surface area contributed by atoms with Gasteiger partial charge >= 0.3 is 0 Å². The Morgan fingerprint density at radius 1 is 1.05 bits per heavy atom. The normalized spacial score (nSPS) is 9.95. The molecule has 0 bridgehead atoms. The summed E-state index contributed by atoms with van der Waals surface area (Å²) in [5.74, 6) is 1.13. The summed E-state index contributed by atoms with van der Waals surface area (Å²) >= 11 is 3.28. The molecule has 2 aromatic rings. The van der Waals surface area contributed by atoms with Crippen molar-refractivity contribution in [2.24, 2.45) is 0 Å². The molecule has 98 valence electrons. The van der Waals surface area contributed by atoms with E-state index in [2.05, 4.69) is 21.2 Å². The van der Waals surface area contributed by atoms with Crippen LogP contribution in [0.25, 0.3) is 0 Å². The minimum Gasteiger partial charge on any atom is -0.457 e. The standard InChI is InChI=1S/C15H14BrNO2/c16-10-11-17-15(18)13-8-4-5-9-14(13)19-12-6-2-1-3-7-12/h1-9H,10-11H2,(H,17,18). The molecule has 0 saturated heterocycles.